The van der Waals surface area contributed by atoms with Gasteiger partial charge in [-0.1, -0.05) is 30.3 Å². The van der Waals surface area contributed by atoms with Gasteiger partial charge in [0.1, 0.15) is 5.82 Å². The van der Waals surface area contributed by atoms with Crippen molar-refractivity contribution in [2.45, 2.75) is 25.8 Å². The van der Waals surface area contributed by atoms with Crippen molar-refractivity contribution in [1.29, 1.82) is 0 Å². The maximum Gasteiger partial charge on any atom is 0.290 e. The fraction of sp³-hybridized carbons (Fsp3) is 0.190. The smallest absolute Gasteiger partial charge is 0.290 e. The number of anilines is 1. The average molecular weight is 378 g/mol. The van der Waals surface area contributed by atoms with Crippen molar-refractivity contribution in [2.75, 3.05) is 5.73 Å². The summed E-state index contributed by atoms with van der Waals surface area (Å²) in [4.78, 5) is 28.8. The van der Waals surface area contributed by atoms with Gasteiger partial charge in [0.05, 0.1) is 11.3 Å². The third-order valence-corrected chi connectivity index (χ3v) is 4.51. The molecule has 2 aromatic heterocycles. The highest BCUT2D eigenvalue weighted by molar-refractivity contribution is 6.07. The number of hydrogen-bond donors (Lipinski definition) is 4. The molecule has 0 spiro atoms. The van der Waals surface area contributed by atoms with Crippen LogP contribution in [0.2, 0.25) is 0 Å². The van der Waals surface area contributed by atoms with Gasteiger partial charge in [0.15, 0.2) is 0 Å². The summed E-state index contributed by atoms with van der Waals surface area (Å²) < 4.78 is 0. The Bertz CT molecular complexity index is 1010. The highest BCUT2D eigenvalue weighted by Crippen LogP contribution is 2.39. The van der Waals surface area contributed by atoms with E-state index in [2.05, 4.69) is 15.3 Å². The molecule has 3 heterocycles. The van der Waals surface area contributed by atoms with Crippen LogP contribution in [-0.2, 0) is 11.2 Å². The molecule has 144 valence electrons. The number of aromatic nitrogens is 2. The molecule has 1 aliphatic rings. The highest BCUT2D eigenvalue weighted by atomic mass is 16.3. The van der Waals surface area contributed by atoms with Crippen LogP contribution in [0.15, 0.2) is 48.7 Å². The second-order valence-electron chi connectivity index (χ2n) is 7.18. The molecule has 28 heavy (non-hydrogen) atoms. The first-order valence-electron chi connectivity index (χ1n) is 8.79. The number of nitrogens with one attached hydrogen (secondary N) is 2. The van der Waals surface area contributed by atoms with Crippen LogP contribution in [0.5, 0.6) is 0 Å². The lowest BCUT2D eigenvalue weighted by atomic mass is 9.88. The molecule has 7 heteroatoms. The molecular weight excluding hydrogens is 356 g/mol. The number of hydrogen-bond acceptors (Lipinski definition) is 4. The number of benzene rings is 1. The molecule has 0 saturated heterocycles. The molecule has 0 unspecified atom stereocenters. The number of rotatable bonds is 2. The number of nitrogens with zero attached hydrogens (tertiary/aromatic N) is 1. The van der Waals surface area contributed by atoms with E-state index in [0.717, 1.165) is 40.1 Å². The number of fused-ring (bicyclic) bond motifs is 1. The number of pyridine rings is 1. The Balaban J connectivity index is 0.000000706. The van der Waals surface area contributed by atoms with E-state index in [1.54, 1.807) is 6.20 Å². The molecule has 0 aliphatic carbocycles. The van der Waals surface area contributed by atoms with Gasteiger partial charge in [0, 0.05) is 35.0 Å². The monoisotopic (exact) mass is 378 g/mol. The van der Waals surface area contributed by atoms with E-state index in [4.69, 9.17) is 15.6 Å². The largest absolute Gasteiger partial charge is 0.483 e. The van der Waals surface area contributed by atoms with Crippen LogP contribution in [0.1, 0.15) is 29.9 Å². The van der Waals surface area contributed by atoms with Crippen LogP contribution in [0.25, 0.3) is 22.4 Å². The van der Waals surface area contributed by atoms with Crippen LogP contribution in [0.3, 0.4) is 0 Å². The summed E-state index contributed by atoms with van der Waals surface area (Å²) in [6.45, 7) is 3.81. The number of nitrogens with two attached hydrogens (primary N) is 1. The zero-order chi connectivity index (χ0) is 20.3. The van der Waals surface area contributed by atoms with E-state index in [-0.39, 0.29) is 17.9 Å². The predicted molar refractivity (Wildman–Crippen MR) is 108 cm³/mol. The van der Waals surface area contributed by atoms with Crippen molar-refractivity contribution in [3.05, 3.63) is 59.9 Å². The lowest BCUT2D eigenvalue weighted by Crippen LogP contribution is -2.49. The lowest BCUT2D eigenvalue weighted by Gasteiger charge is -2.30. The fourth-order valence-electron chi connectivity index (χ4n) is 3.50. The number of nitrogen functional groups attached to an aromatic ring is 1. The number of amides is 1. The van der Waals surface area contributed by atoms with E-state index in [1.165, 1.54) is 0 Å². The Labute approximate surface area is 162 Å². The number of aromatic amines is 1. The number of H-pyrrole nitrogens is 1. The molecule has 5 N–H and O–H groups in total. The summed E-state index contributed by atoms with van der Waals surface area (Å²) in [5, 5.41) is 9.99. The minimum absolute atomic E-state index is 0.0466. The van der Waals surface area contributed by atoms with Gasteiger partial charge in [-0.05, 0) is 31.5 Å². The summed E-state index contributed by atoms with van der Waals surface area (Å²) >= 11 is 0. The van der Waals surface area contributed by atoms with Crippen molar-refractivity contribution in [3.8, 4) is 22.4 Å². The molecule has 7 nitrogen and oxygen atoms in total. The van der Waals surface area contributed by atoms with Crippen molar-refractivity contribution in [3.63, 3.8) is 0 Å². The quantitative estimate of drug-likeness (QED) is 0.511. The lowest BCUT2D eigenvalue weighted by molar-refractivity contribution is -0.122. The van der Waals surface area contributed by atoms with Gasteiger partial charge in [-0.15, -0.1) is 0 Å². The van der Waals surface area contributed by atoms with Gasteiger partial charge in [-0.25, -0.2) is 4.98 Å². The average Bonchev–Trinajstić information content (AvgIpc) is 3.01. The minimum Gasteiger partial charge on any atom is -0.483 e. The van der Waals surface area contributed by atoms with Gasteiger partial charge in [-0.3, -0.25) is 9.59 Å². The van der Waals surface area contributed by atoms with Gasteiger partial charge in [0.2, 0.25) is 0 Å². The van der Waals surface area contributed by atoms with Crippen molar-refractivity contribution in [1.82, 2.24) is 15.3 Å². The van der Waals surface area contributed by atoms with E-state index in [0.29, 0.717) is 5.82 Å². The van der Waals surface area contributed by atoms with Gasteiger partial charge in [-0.2, -0.15) is 0 Å². The third kappa shape index (κ3) is 3.73. The minimum atomic E-state index is -0.280. The summed E-state index contributed by atoms with van der Waals surface area (Å²) in [6, 6.07) is 13.7. The SMILES string of the molecule is CC1(C)Cc2[nH]c(-c3ccnc(N)c3)c(-c3ccccc3)c2C(=O)N1.O=CO. The molecule has 0 radical (unpaired) electrons. The third-order valence-electron chi connectivity index (χ3n) is 4.51. The summed E-state index contributed by atoms with van der Waals surface area (Å²) in [5.41, 5.74) is 11.0. The molecule has 3 aromatic rings. The van der Waals surface area contributed by atoms with Gasteiger partial charge in [0.25, 0.3) is 12.4 Å². The zero-order valence-corrected chi connectivity index (χ0v) is 15.7. The molecule has 1 aliphatic heterocycles. The molecule has 1 aromatic carbocycles. The second kappa shape index (κ2) is 7.56. The topological polar surface area (TPSA) is 121 Å². The zero-order valence-electron chi connectivity index (χ0n) is 15.7. The maximum atomic E-state index is 12.8. The fourth-order valence-corrected chi connectivity index (χ4v) is 3.50. The van der Waals surface area contributed by atoms with Crippen molar-refractivity contribution < 1.29 is 14.7 Å². The Hall–Kier alpha value is -3.61. The van der Waals surface area contributed by atoms with Crippen molar-refractivity contribution in [2.24, 2.45) is 0 Å². The standard InChI is InChI=1S/C20H20N4O.CH2O2/c1-20(2)11-14-17(19(25)24-20)16(12-6-4-3-5-7-12)18(23-14)13-8-9-22-15(21)10-13;2-1-3/h3-10,23H,11H2,1-2H3,(H2,21,22)(H,24,25);1H,(H,2,3). The predicted octanol–water partition coefficient (Wildman–Crippen LogP) is 3.09. The second-order valence-corrected chi connectivity index (χ2v) is 7.18. The van der Waals surface area contributed by atoms with Crippen LogP contribution in [-0.4, -0.2) is 33.0 Å². The Morgan fingerprint density at radius 3 is 2.46 bits per heavy atom. The molecular formula is C21H22N4O3. The molecule has 1 amide bonds. The first-order valence-corrected chi connectivity index (χ1v) is 8.79. The van der Waals surface area contributed by atoms with Crippen LogP contribution >= 0.6 is 0 Å². The van der Waals surface area contributed by atoms with E-state index in [9.17, 15) is 4.79 Å². The number of carbonyl (C=O) groups excluding carboxylic acids is 1. The maximum absolute atomic E-state index is 12.8. The normalized spacial score (nSPS) is 14.3. The Morgan fingerprint density at radius 2 is 1.82 bits per heavy atom. The molecule has 0 saturated carbocycles. The molecule has 4 rings (SSSR count). The van der Waals surface area contributed by atoms with E-state index >= 15 is 0 Å². The first kappa shape index (κ1) is 19.2. The summed E-state index contributed by atoms with van der Waals surface area (Å²) in [5.74, 6) is 0.406. The Morgan fingerprint density at radius 1 is 1.14 bits per heavy atom. The highest BCUT2D eigenvalue weighted by Gasteiger charge is 2.35. The number of carboxylic acid groups (broad SMARTS) is 1. The van der Waals surface area contributed by atoms with Gasteiger partial charge >= 0.3 is 0 Å². The van der Waals surface area contributed by atoms with E-state index in [1.807, 2.05) is 56.3 Å². The van der Waals surface area contributed by atoms with Crippen molar-refractivity contribution >= 4 is 18.2 Å². The first-order chi connectivity index (χ1) is 13.4. The summed E-state index contributed by atoms with van der Waals surface area (Å²) in [6.07, 6.45) is 2.43. The number of carbonyl (C=O) groups is 2. The molecule has 0 fully saturated rings. The van der Waals surface area contributed by atoms with Crippen LogP contribution < -0.4 is 11.1 Å². The molecule has 0 atom stereocenters. The van der Waals surface area contributed by atoms with Crippen LogP contribution in [0.4, 0.5) is 5.82 Å². The molecule has 0 bridgehead atoms. The Kier molecular flexibility index (Phi) is 5.17. The summed E-state index contributed by atoms with van der Waals surface area (Å²) in [7, 11) is 0. The van der Waals surface area contributed by atoms with Crippen LogP contribution in [0, 0.1) is 0 Å². The van der Waals surface area contributed by atoms with Gasteiger partial charge < -0.3 is 21.1 Å². The van der Waals surface area contributed by atoms with E-state index < -0.39 is 0 Å².